The van der Waals surface area contributed by atoms with Crippen molar-refractivity contribution in [1.82, 2.24) is 0 Å². The molecule has 1 saturated carbocycles. The van der Waals surface area contributed by atoms with Gasteiger partial charge in [0.2, 0.25) is 0 Å². The molecule has 0 aromatic heterocycles. The van der Waals surface area contributed by atoms with Gasteiger partial charge in [-0.05, 0) is 49.2 Å². The highest BCUT2D eigenvalue weighted by atomic mass is 32.2. The highest BCUT2D eigenvalue weighted by molar-refractivity contribution is 7.93. The van der Waals surface area contributed by atoms with Gasteiger partial charge in [0.05, 0.1) is 43.1 Å². The maximum atomic E-state index is 13.0. The van der Waals surface area contributed by atoms with Crippen LogP contribution in [0.15, 0.2) is 117 Å². The van der Waals surface area contributed by atoms with Gasteiger partial charge in [0.1, 0.15) is 0 Å². The fourth-order valence-corrected chi connectivity index (χ4v) is 7.27. The van der Waals surface area contributed by atoms with Gasteiger partial charge in [-0.15, -0.1) is 0 Å². The molecule has 248 valence electrons. The number of anilines is 2. The lowest BCUT2D eigenvalue weighted by atomic mass is 9.91. The third-order valence-corrected chi connectivity index (χ3v) is 10.4. The average molecular weight is 691 g/mol. The van der Waals surface area contributed by atoms with E-state index in [9.17, 15) is 37.1 Å². The molecular formula is C32H30N6O8S2. The van der Waals surface area contributed by atoms with Crippen LogP contribution in [0.5, 0.6) is 0 Å². The van der Waals surface area contributed by atoms with Crippen molar-refractivity contribution in [2.45, 2.75) is 47.6 Å². The van der Waals surface area contributed by atoms with Crippen LogP contribution in [-0.4, -0.2) is 51.2 Å². The first-order chi connectivity index (χ1) is 22.9. The second kappa shape index (κ2) is 14.5. The number of nitrogens with zero attached hydrogens (tertiary/aromatic N) is 4. The second-order valence-electron chi connectivity index (χ2n) is 10.9. The normalized spacial score (nSPS) is 16.9. The summed E-state index contributed by atoms with van der Waals surface area (Å²) in [6.07, 6.45) is 6.52. The predicted molar refractivity (Wildman–Crippen MR) is 182 cm³/mol. The number of rotatable bonds is 12. The Morgan fingerprint density at radius 3 is 1.29 bits per heavy atom. The number of para-hydroxylation sites is 2. The Morgan fingerprint density at radius 1 is 0.583 bits per heavy atom. The minimum absolute atomic E-state index is 0.128. The lowest BCUT2D eigenvalue weighted by Crippen LogP contribution is -2.27. The first-order valence-corrected chi connectivity index (χ1v) is 17.7. The number of nitro groups is 2. The first kappa shape index (κ1) is 33.9. The summed E-state index contributed by atoms with van der Waals surface area (Å²) in [6, 6.07) is 22.2. The topological polar surface area (TPSA) is 203 Å². The van der Waals surface area contributed by atoms with Crippen molar-refractivity contribution < 1.29 is 26.7 Å². The molecule has 0 heterocycles. The summed E-state index contributed by atoms with van der Waals surface area (Å²) in [5, 5.41) is 21.9. The van der Waals surface area contributed by atoms with Crippen LogP contribution >= 0.6 is 0 Å². The fraction of sp³-hybridized carbons (Fsp3) is 0.188. The molecule has 0 unspecified atom stereocenters. The molecule has 0 amide bonds. The van der Waals surface area contributed by atoms with Gasteiger partial charge in [0.25, 0.3) is 31.4 Å². The Kier molecular flexibility index (Phi) is 10.2. The van der Waals surface area contributed by atoms with Gasteiger partial charge in [0.15, 0.2) is 0 Å². The molecule has 5 rings (SSSR count). The van der Waals surface area contributed by atoms with Crippen molar-refractivity contribution in [2.24, 2.45) is 9.98 Å². The molecule has 0 saturated heterocycles. The quantitative estimate of drug-likeness (QED) is 0.103. The Labute approximate surface area is 276 Å². The molecule has 1 aliphatic rings. The first-order valence-electron chi connectivity index (χ1n) is 14.7. The van der Waals surface area contributed by atoms with Crippen LogP contribution in [0.2, 0.25) is 0 Å². The summed E-state index contributed by atoms with van der Waals surface area (Å²) in [6.45, 7) is 0. The number of non-ortho nitro benzene ring substituents is 2. The highest BCUT2D eigenvalue weighted by Gasteiger charge is 2.24. The number of aliphatic imine (C=N–C) groups is 2. The summed E-state index contributed by atoms with van der Waals surface area (Å²) in [5.41, 5.74) is 1.15. The molecule has 0 radical (unpaired) electrons. The fourth-order valence-electron chi connectivity index (χ4n) is 5.10. The Morgan fingerprint density at radius 2 is 0.938 bits per heavy atom. The molecule has 14 nitrogen and oxygen atoms in total. The summed E-state index contributed by atoms with van der Waals surface area (Å²) in [7, 11) is -8.09. The summed E-state index contributed by atoms with van der Waals surface area (Å²) in [5.74, 6) is 0. The van der Waals surface area contributed by atoms with Gasteiger partial charge in [-0.2, -0.15) is 0 Å². The largest absolute Gasteiger partial charge is 0.287 e. The van der Waals surface area contributed by atoms with Crippen LogP contribution in [-0.2, 0) is 20.0 Å². The zero-order chi connectivity index (χ0) is 34.3. The lowest BCUT2D eigenvalue weighted by Gasteiger charge is -2.25. The van der Waals surface area contributed by atoms with Crippen molar-refractivity contribution in [3.05, 3.63) is 128 Å². The van der Waals surface area contributed by atoms with Crippen LogP contribution in [0.25, 0.3) is 0 Å². The highest BCUT2D eigenvalue weighted by Crippen LogP contribution is 2.27. The molecule has 1 fully saturated rings. The summed E-state index contributed by atoms with van der Waals surface area (Å²) >= 11 is 0. The molecule has 4 aromatic carbocycles. The number of nitro benzene ring substituents is 2. The van der Waals surface area contributed by atoms with Gasteiger partial charge in [-0.25, -0.2) is 16.8 Å². The lowest BCUT2D eigenvalue weighted by molar-refractivity contribution is -0.385. The zero-order valence-corrected chi connectivity index (χ0v) is 26.9. The molecule has 2 N–H and O–H groups in total. The Hall–Kier alpha value is -5.48. The second-order valence-corrected chi connectivity index (χ2v) is 14.2. The maximum Gasteiger partial charge on any atom is 0.269 e. The monoisotopic (exact) mass is 690 g/mol. The molecule has 4 aromatic rings. The number of nitrogens with one attached hydrogen (secondary N) is 2. The number of benzene rings is 4. The van der Waals surface area contributed by atoms with Crippen LogP contribution in [0, 0.1) is 20.2 Å². The predicted octanol–water partition coefficient (Wildman–Crippen LogP) is 5.95. The number of sulfonamides is 2. The van der Waals surface area contributed by atoms with E-state index in [2.05, 4.69) is 9.44 Å². The molecule has 2 atom stereocenters. The van der Waals surface area contributed by atoms with Crippen LogP contribution < -0.4 is 9.44 Å². The molecule has 16 heteroatoms. The standard InChI is InChI=1S/C32H30N6O8S2/c39-37(40)25-13-17-27(18-14-25)47(43,44)35-29-9-3-1-7-23(29)21-33-31-11-5-6-12-32(31)34-22-24-8-2-4-10-30(24)36-48(45,46)28-19-15-26(16-20-28)38(41)42/h1-4,7-10,13-22,31-32,35-36H,5-6,11-12H2/t31-,32-/m1/s1. The van der Waals surface area contributed by atoms with E-state index >= 15 is 0 Å². The Bertz CT molecular complexity index is 1930. The van der Waals surface area contributed by atoms with E-state index in [0.717, 1.165) is 49.9 Å². The number of hydrogen-bond acceptors (Lipinski definition) is 10. The van der Waals surface area contributed by atoms with E-state index in [1.807, 2.05) is 0 Å². The minimum Gasteiger partial charge on any atom is -0.287 e. The van der Waals surface area contributed by atoms with Crippen LogP contribution in [0.1, 0.15) is 36.8 Å². The SMILES string of the molecule is O=[N+]([O-])c1ccc(S(=O)(=O)Nc2ccccc2C=N[C@@H]2CCCC[C@H]2N=Cc2ccccc2NS(=O)(=O)c2ccc([N+](=O)[O-])cc2)cc1. The van der Waals surface area contributed by atoms with E-state index in [1.165, 1.54) is 24.3 Å². The smallest absolute Gasteiger partial charge is 0.269 e. The molecule has 0 spiro atoms. The van der Waals surface area contributed by atoms with Crippen molar-refractivity contribution in [3.8, 4) is 0 Å². The summed E-state index contributed by atoms with van der Waals surface area (Å²) in [4.78, 5) is 30.0. The van der Waals surface area contributed by atoms with Gasteiger partial charge in [0, 0.05) is 47.8 Å². The van der Waals surface area contributed by atoms with Crippen molar-refractivity contribution >= 4 is 55.2 Å². The van der Waals surface area contributed by atoms with Crippen molar-refractivity contribution in [2.75, 3.05) is 9.44 Å². The van der Waals surface area contributed by atoms with Gasteiger partial charge in [-0.3, -0.25) is 39.7 Å². The molecule has 0 bridgehead atoms. The summed E-state index contributed by atoms with van der Waals surface area (Å²) < 4.78 is 57.2. The van der Waals surface area contributed by atoms with E-state index in [1.54, 1.807) is 61.0 Å². The van der Waals surface area contributed by atoms with Crippen molar-refractivity contribution in [1.29, 1.82) is 0 Å². The molecular weight excluding hydrogens is 661 g/mol. The van der Waals surface area contributed by atoms with Gasteiger partial charge >= 0.3 is 0 Å². The molecule has 48 heavy (non-hydrogen) atoms. The van der Waals surface area contributed by atoms with E-state index in [4.69, 9.17) is 9.98 Å². The van der Waals surface area contributed by atoms with Crippen LogP contribution in [0.4, 0.5) is 22.7 Å². The minimum atomic E-state index is -4.05. The van der Waals surface area contributed by atoms with Crippen molar-refractivity contribution in [3.63, 3.8) is 0 Å². The Balaban J connectivity index is 1.32. The number of hydrogen-bond donors (Lipinski definition) is 2. The molecule has 0 aliphatic heterocycles. The maximum absolute atomic E-state index is 13.0. The van der Waals surface area contributed by atoms with E-state index in [-0.39, 0.29) is 44.6 Å². The molecule has 1 aliphatic carbocycles. The van der Waals surface area contributed by atoms with Crippen LogP contribution in [0.3, 0.4) is 0 Å². The third-order valence-electron chi connectivity index (χ3n) is 7.63. The third kappa shape index (κ3) is 8.26. The van der Waals surface area contributed by atoms with E-state index < -0.39 is 29.9 Å². The van der Waals surface area contributed by atoms with E-state index in [0.29, 0.717) is 11.1 Å². The average Bonchev–Trinajstić information content (AvgIpc) is 3.07. The zero-order valence-electron chi connectivity index (χ0n) is 25.2. The van der Waals surface area contributed by atoms with Gasteiger partial charge in [-0.1, -0.05) is 49.2 Å². The van der Waals surface area contributed by atoms with Gasteiger partial charge < -0.3 is 0 Å².